The monoisotopic (exact) mass is 380 g/mol. The van der Waals surface area contributed by atoms with Crippen LogP contribution in [0.15, 0.2) is 48.5 Å². The number of likely N-dealkylation sites (tertiary alicyclic amines) is 1. The molecule has 1 aliphatic carbocycles. The van der Waals surface area contributed by atoms with Crippen LogP contribution < -0.4 is 5.32 Å². The zero-order chi connectivity index (χ0) is 19.7. The number of hydrogen-bond acceptors (Lipinski definition) is 4. The molecule has 2 aliphatic rings. The molecule has 2 aromatic carbocycles. The van der Waals surface area contributed by atoms with Gasteiger partial charge in [0.15, 0.2) is 5.54 Å². The van der Waals surface area contributed by atoms with Gasteiger partial charge in [-0.2, -0.15) is 0 Å². The maximum Gasteiger partial charge on any atom is 0.409 e. The summed E-state index contributed by atoms with van der Waals surface area (Å²) >= 11 is 0. The highest BCUT2D eigenvalue weighted by atomic mass is 16.6. The molecule has 1 amide bonds. The van der Waals surface area contributed by atoms with Gasteiger partial charge in [-0.15, -0.1) is 0 Å². The normalized spacial score (nSPS) is 16.8. The van der Waals surface area contributed by atoms with Crippen molar-refractivity contribution in [1.82, 2.24) is 10.2 Å². The molecule has 2 aromatic rings. The van der Waals surface area contributed by atoms with Gasteiger partial charge in [0.1, 0.15) is 6.61 Å². The van der Waals surface area contributed by atoms with Crippen LogP contribution in [0.4, 0.5) is 4.79 Å². The zero-order valence-electron chi connectivity index (χ0n) is 15.9. The van der Waals surface area contributed by atoms with Gasteiger partial charge in [-0.25, -0.2) is 4.79 Å². The molecular weight excluding hydrogens is 356 g/mol. The van der Waals surface area contributed by atoms with Gasteiger partial charge in [-0.05, 0) is 35.2 Å². The molecule has 146 valence electrons. The van der Waals surface area contributed by atoms with Crippen LogP contribution in [-0.4, -0.2) is 53.8 Å². The van der Waals surface area contributed by atoms with Crippen LogP contribution >= 0.6 is 0 Å². The van der Waals surface area contributed by atoms with E-state index in [-0.39, 0.29) is 25.6 Å². The maximum absolute atomic E-state index is 12.5. The molecule has 0 spiro atoms. The SMILES string of the molecule is CCCNC1(C(=O)O)CN(C(=O)OCC2c3ccccc3-c3ccccc32)C1. The van der Waals surface area contributed by atoms with Crippen LogP contribution in [0.25, 0.3) is 11.1 Å². The fraction of sp³-hybridized carbons (Fsp3) is 0.364. The lowest BCUT2D eigenvalue weighted by Crippen LogP contribution is -2.74. The molecule has 0 atom stereocenters. The number of aliphatic carboxylic acids is 1. The van der Waals surface area contributed by atoms with Gasteiger partial charge >= 0.3 is 12.1 Å². The van der Waals surface area contributed by atoms with Gasteiger partial charge in [0.25, 0.3) is 0 Å². The molecule has 1 heterocycles. The number of amides is 1. The number of nitrogens with zero attached hydrogens (tertiary/aromatic N) is 1. The Bertz CT molecular complexity index is 859. The second-order valence-electron chi connectivity index (χ2n) is 7.47. The molecule has 1 fully saturated rings. The molecule has 1 aliphatic heterocycles. The van der Waals surface area contributed by atoms with E-state index in [0.29, 0.717) is 6.54 Å². The van der Waals surface area contributed by atoms with Gasteiger partial charge in [-0.3, -0.25) is 10.1 Å². The van der Waals surface area contributed by atoms with Gasteiger partial charge in [0.2, 0.25) is 0 Å². The predicted octanol–water partition coefficient (Wildman–Crippen LogP) is 3.07. The van der Waals surface area contributed by atoms with E-state index in [1.165, 1.54) is 16.0 Å². The zero-order valence-corrected chi connectivity index (χ0v) is 15.9. The predicted molar refractivity (Wildman–Crippen MR) is 105 cm³/mol. The second kappa shape index (κ2) is 7.28. The number of carbonyl (C=O) groups excluding carboxylic acids is 1. The Labute approximate surface area is 164 Å². The number of carbonyl (C=O) groups is 2. The number of ether oxygens (including phenoxy) is 1. The molecule has 0 bridgehead atoms. The molecule has 0 saturated carbocycles. The Morgan fingerprint density at radius 2 is 1.68 bits per heavy atom. The van der Waals surface area contributed by atoms with Gasteiger partial charge < -0.3 is 14.7 Å². The minimum absolute atomic E-state index is 0.0000684. The first-order valence-corrected chi connectivity index (χ1v) is 9.64. The third-order valence-corrected chi connectivity index (χ3v) is 5.64. The Morgan fingerprint density at radius 3 is 2.21 bits per heavy atom. The van der Waals surface area contributed by atoms with Crippen LogP contribution in [0, 0.1) is 0 Å². The largest absolute Gasteiger partial charge is 0.480 e. The van der Waals surface area contributed by atoms with E-state index in [4.69, 9.17) is 4.74 Å². The third-order valence-electron chi connectivity index (χ3n) is 5.64. The fourth-order valence-corrected chi connectivity index (χ4v) is 4.11. The lowest BCUT2D eigenvalue weighted by molar-refractivity contribution is -0.151. The Hall–Kier alpha value is -2.86. The highest BCUT2D eigenvalue weighted by Crippen LogP contribution is 2.44. The van der Waals surface area contributed by atoms with Crippen LogP contribution in [0.1, 0.15) is 30.4 Å². The number of carboxylic acid groups (broad SMARTS) is 1. The standard InChI is InChI=1S/C22H24N2O4/c1-2-11-23-22(20(25)26)13-24(14-22)21(27)28-12-19-17-9-5-3-7-15(17)16-8-4-6-10-18(16)19/h3-10,19,23H,2,11-14H2,1H3,(H,25,26). The molecule has 6 heteroatoms. The van der Waals surface area contributed by atoms with E-state index in [2.05, 4.69) is 29.6 Å². The number of fused-ring (bicyclic) bond motifs is 3. The van der Waals surface area contributed by atoms with E-state index >= 15 is 0 Å². The Balaban J connectivity index is 1.42. The van der Waals surface area contributed by atoms with E-state index in [9.17, 15) is 14.7 Å². The molecule has 4 rings (SSSR count). The van der Waals surface area contributed by atoms with Crippen molar-refractivity contribution in [3.05, 3.63) is 59.7 Å². The van der Waals surface area contributed by atoms with Crippen molar-refractivity contribution in [2.75, 3.05) is 26.2 Å². The molecule has 0 aromatic heterocycles. The Morgan fingerprint density at radius 1 is 1.11 bits per heavy atom. The maximum atomic E-state index is 12.5. The summed E-state index contributed by atoms with van der Waals surface area (Å²) in [5.74, 6) is -0.927. The molecular formula is C22H24N2O4. The average molecular weight is 380 g/mol. The van der Waals surface area contributed by atoms with Crippen molar-refractivity contribution >= 4 is 12.1 Å². The van der Waals surface area contributed by atoms with Gasteiger partial charge in [-0.1, -0.05) is 55.5 Å². The quantitative estimate of drug-likeness (QED) is 0.805. The van der Waals surface area contributed by atoms with Crippen molar-refractivity contribution in [2.24, 2.45) is 0 Å². The fourth-order valence-electron chi connectivity index (χ4n) is 4.11. The van der Waals surface area contributed by atoms with Crippen molar-refractivity contribution in [3.63, 3.8) is 0 Å². The summed E-state index contributed by atoms with van der Waals surface area (Å²) in [7, 11) is 0. The number of rotatable bonds is 6. The summed E-state index contributed by atoms with van der Waals surface area (Å²) in [5, 5.41) is 12.5. The van der Waals surface area contributed by atoms with Crippen molar-refractivity contribution < 1.29 is 19.4 Å². The Kier molecular flexibility index (Phi) is 4.81. The smallest absolute Gasteiger partial charge is 0.409 e. The van der Waals surface area contributed by atoms with Crippen molar-refractivity contribution in [2.45, 2.75) is 24.8 Å². The second-order valence-corrected chi connectivity index (χ2v) is 7.47. The molecule has 6 nitrogen and oxygen atoms in total. The minimum atomic E-state index is -1.05. The van der Waals surface area contributed by atoms with Crippen molar-refractivity contribution in [1.29, 1.82) is 0 Å². The van der Waals surface area contributed by atoms with Crippen molar-refractivity contribution in [3.8, 4) is 11.1 Å². The number of carboxylic acids is 1. The van der Waals surface area contributed by atoms with E-state index < -0.39 is 17.6 Å². The third kappa shape index (κ3) is 3.03. The van der Waals surface area contributed by atoms with Crippen LogP contribution in [0.5, 0.6) is 0 Å². The highest BCUT2D eigenvalue weighted by Gasteiger charge is 2.51. The lowest BCUT2D eigenvalue weighted by Gasteiger charge is -2.46. The van der Waals surface area contributed by atoms with Crippen LogP contribution in [0.2, 0.25) is 0 Å². The number of nitrogens with one attached hydrogen (secondary N) is 1. The first-order valence-electron chi connectivity index (χ1n) is 9.64. The van der Waals surface area contributed by atoms with E-state index in [0.717, 1.165) is 17.5 Å². The average Bonchev–Trinajstić information content (AvgIpc) is 2.99. The molecule has 28 heavy (non-hydrogen) atoms. The first-order chi connectivity index (χ1) is 13.6. The van der Waals surface area contributed by atoms with Gasteiger partial charge in [0, 0.05) is 5.92 Å². The summed E-state index contributed by atoms with van der Waals surface area (Å²) in [6.45, 7) is 3.07. The molecule has 2 N–H and O–H groups in total. The summed E-state index contributed by atoms with van der Waals surface area (Å²) in [6, 6.07) is 16.3. The topological polar surface area (TPSA) is 78.9 Å². The summed E-state index contributed by atoms with van der Waals surface area (Å²) in [4.78, 5) is 25.5. The van der Waals surface area contributed by atoms with Crippen LogP contribution in [0.3, 0.4) is 0 Å². The summed E-state index contributed by atoms with van der Waals surface area (Å²) in [6.07, 6.45) is 0.372. The molecule has 1 saturated heterocycles. The molecule has 0 radical (unpaired) electrons. The lowest BCUT2D eigenvalue weighted by atomic mass is 9.90. The van der Waals surface area contributed by atoms with E-state index in [1.54, 1.807) is 0 Å². The van der Waals surface area contributed by atoms with Gasteiger partial charge in [0.05, 0.1) is 13.1 Å². The summed E-state index contributed by atoms with van der Waals surface area (Å²) in [5.41, 5.74) is 3.62. The number of benzene rings is 2. The van der Waals surface area contributed by atoms with E-state index in [1.807, 2.05) is 31.2 Å². The van der Waals surface area contributed by atoms with Crippen LogP contribution in [-0.2, 0) is 9.53 Å². The highest BCUT2D eigenvalue weighted by molar-refractivity contribution is 5.84. The summed E-state index contributed by atoms with van der Waals surface area (Å²) < 4.78 is 5.59. The molecule has 0 unspecified atom stereocenters. The minimum Gasteiger partial charge on any atom is -0.480 e. The first kappa shape index (κ1) is 18.5. The number of hydrogen-bond donors (Lipinski definition) is 2.